The van der Waals surface area contributed by atoms with Crippen molar-refractivity contribution in [3.63, 3.8) is 0 Å². The van der Waals surface area contributed by atoms with Gasteiger partial charge in [0, 0.05) is 6.20 Å². The monoisotopic (exact) mass is 256 g/mol. The molecular formula is C15H20N4. The lowest BCUT2D eigenvalue weighted by Gasteiger charge is -2.30. The van der Waals surface area contributed by atoms with E-state index < -0.39 is 0 Å². The highest BCUT2D eigenvalue weighted by Crippen LogP contribution is 2.45. The first kappa shape index (κ1) is 11.4. The van der Waals surface area contributed by atoms with Gasteiger partial charge in [0.15, 0.2) is 5.65 Å². The summed E-state index contributed by atoms with van der Waals surface area (Å²) >= 11 is 0. The zero-order valence-corrected chi connectivity index (χ0v) is 11.4. The number of hydrogen-bond acceptors (Lipinski definition) is 3. The first-order chi connectivity index (χ1) is 9.31. The molecule has 1 aliphatic carbocycles. The molecule has 3 heterocycles. The molecule has 0 N–H and O–H groups in total. The number of piperidine rings is 1. The van der Waals surface area contributed by atoms with Gasteiger partial charge in [0.25, 0.3) is 0 Å². The van der Waals surface area contributed by atoms with Gasteiger partial charge in [-0.1, -0.05) is 0 Å². The van der Waals surface area contributed by atoms with E-state index in [1.165, 1.54) is 44.3 Å². The molecular weight excluding hydrogens is 236 g/mol. The average molecular weight is 256 g/mol. The molecule has 0 spiro atoms. The molecule has 100 valence electrons. The van der Waals surface area contributed by atoms with Crippen molar-refractivity contribution < 1.29 is 0 Å². The van der Waals surface area contributed by atoms with Gasteiger partial charge in [-0.3, -0.25) is 0 Å². The van der Waals surface area contributed by atoms with Crippen LogP contribution in [0.1, 0.15) is 48.6 Å². The highest BCUT2D eigenvalue weighted by Gasteiger charge is 2.30. The van der Waals surface area contributed by atoms with Crippen LogP contribution in [-0.4, -0.2) is 39.6 Å². The summed E-state index contributed by atoms with van der Waals surface area (Å²) in [4.78, 5) is 6.76. The number of likely N-dealkylation sites (tertiary alicyclic amines) is 1. The van der Waals surface area contributed by atoms with E-state index in [1.54, 1.807) is 11.9 Å². The smallest absolute Gasteiger partial charge is 0.155 e. The van der Waals surface area contributed by atoms with E-state index in [-0.39, 0.29) is 0 Å². The topological polar surface area (TPSA) is 33.4 Å². The second-order valence-corrected chi connectivity index (χ2v) is 6.10. The quantitative estimate of drug-likeness (QED) is 0.827. The summed E-state index contributed by atoms with van der Waals surface area (Å²) in [6.45, 7) is 2.42. The molecule has 0 bridgehead atoms. The summed E-state index contributed by atoms with van der Waals surface area (Å²) in [5.41, 5.74) is 4.09. The first-order valence-corrected chi connectivity index (χ1v) is 7.33. The van der Waals surface area contributed by atoms with Crippen LogP contribution in [0.4, 0.5) is 0 Å². The van der Waals surface area contributed by atoms with Crippen molar-refractivity contribution in [2.75, 3.05) is 20.1 Å². The summed E-state index contributed by atoms with van der Waals surface area (Å²) < 4.78 is 1.94. The summed E-state index contributed by atoms with van der Waals surface area (Å²) in [6.07, 6.45) is 9.15. The van der Waals surface area contributed by atoms with E-state index in [9.17, 15) is 0 Å². The van der Waals surface area contributed by atoms with Crippen molar-refractivity contribution in [1.82, 2.24) is 19.5 Å². The molecule has 0 aromatic carbocycles. The van der Waals surface area contributed by atoms with Gasteiger partial charge in [0.1, 0.15) is 6.33 Å². The van der Waals surface area contributed by atoms with Crippen molar-refractivity contribution >= 4 is 5.65 Å². The molecule has 4 heteroatoms. The highest BCUT2D eigenvalue weighted by atomic mass is 15.3. The Morgan fingerprint density at radius 2 is 1.79 bits per heavy atom. The van der Waals surface area contributed by atoms with Crippen LogP contribution in [0.15, 0.2) is 18.6 Å². The van der Waals surface area contributed by atoms with Gasteiger partial charge < -0.3 is 4.90 Å². The second-order valence-electron chi connectivity index (χ2n) is 6.10. The lowest BCUT2D eigenvalue weighted by molar-refractivity contribution is 0.254. The first-order valence-electron chi connectivity index (χ1n) is 7.33. The maximum absolute atomic E-state index is 4.33. The Hall–Kier alpha value is -1.42. The number of pyridine rings is 1. The SMILES string of the molecule is CN1CCC(c2cn3ncnc3cc2C2CC2)CC1. The predicted octanol–water partition coefficient (Wildman–Crippen LogP) is 2.42. The van der Waals surface area contributed by atoms with E-state index in [1.807, 2.05) is 4.52 Å². The van der Waals surface area contributed by atoms with Crippen LogP contribution >= 0.6 is 0 Å². The van der Waals surface area contributed by atoms with Gasteiger partial charge in [-0.25, -0.2) is 9.50 Å². The minimum Gasteiger partial charge on any atom is -0.306 e. The summed E-state index contributed by atoms with van der Waals surface area (Å²) in [5, 5.41) is 4.31. The van der Waals surface area contributed by atoms with Gasteiger partial charge in [-0.2, -0.15) is 5.10 Å². The number of aromatic nitrogens is 3. The van der Waals surface area contributed by atoms with Crippen molar-refractivity contribution in [2.45, 2.75) is 37.5 Å². The summed E-state index contributed by atoms with van der Waals surface area (Å²) in [6, 6.07) is 2.28. The molecule has 1 aliphatic heterocycles. The molecule has 0 amide bonds. The summed E-state index contributed by atoms with van der Waals surface area (Å²) in [7, 11) is 2.22. The molecule has 2 aromatic rings. The second kappa shape index (κ2) is 4.30. The van der Waals surface area contributed by atoms with Gasteiger partial charge >= 0.3 is 0 Å². The largest absolute Gasteiger partial charge is 0.306 e. The molecule has 1 saturated heterocycles. The van der Waals surface area contributed by atoms with Crippen LogP contribution in [0, 0.1) is 0 Å². The third kappa shape index (κ3) is 2.04. The fourth-order valence-corrected chi connectivity index (χ4v) is 3.30. The minimum atomic E-state index is 0.709. The normalized spacial score (nSPS) is 22.2. The number of rotatable bonds is 2. The van der Waals surface area contributed by atoms with Crippen LogP contribution < -0.4 is 0 Å². The Morgan fingerprint density at radius 3 is 2.53 bits per heavy atom. The molecule has 0 unspecified atom stereocenters. The Morgan fingerprint density at radius 1 is 1.05 bits per heavy atom. The lowest BCUT2D eigenvalue weighted by atomic mass is 9.86. The van der Waals surface area contributed by atoms with Crippen molar-refractivity contribution in [2.24, 2.45) is 0 Å². The third-order valence-corrected chi connectivity index (χ3v) is 4.66. The summed E-state index contributed by atoms with van der Waals surface area (Å²) in [5.74, 6) is 1.50. The standard InChI is InChI=1S/C15H20N4/c1-18-6-4-12(5-7-18)14-9-19-15(16-10-17-19)8-13(14)11-2-3-11/h8-12H,2-7H2,1H3. The number of hydrogen-bond donors (Lipinski definition) is 0. The number of nitrogens with zero attached hydrogens (tertiary/aromatic N) is 4. The maximum atomic E-state index is 4.33. The van der Waals surface area contributed by atoms with Crippen LogP contribution in [0.2, 0.25) is 0 Å². The predicted molar refractivity (Wildman–Crippen MR) is 74.4 cm³/mol. The Balaban J connectivity index is 1.75. The fourth-order valence-electron chi connectivity index (χ4n) is 3.30. The Bertz CT molecular complexity index is 591. The van der Waals surface area contributed by atoms with Crippen LogP contribution in [-0.2, 0) is 0 Å². The minimum absolute atomic E-state index is 0.709. The zero-order chi connectivity index (χ0) is 12.8. The molecule has 2 fully saturated rings. The van der Waals surface area contributed by atoms with Crippen molar-refractivity contribution in [3.05, 3.63) is 29.7 Å². The fraction of sp³-hybridized carbons (Fsp3) is 0.600. The molecule has 1 saturated carbocycles. The molecule has 2 aromatic heterocycles. The maximum Gasteiger partial charge on any atom is 0.155 e. The molecule has 19 heavy (non-hydrogen) atoms. The lowest BCUT2D eigenvalue weighted by Crippen LogP contribution is -2.29. The Kier molecular flexibility index (Phi) is 2.58. The van der Waals surface area contributed by atoms with Crippen LogP contribution in [0.5, 0.6) is 0 Å². The van der Waals surface area contributed by atoms with Crippen LogP contribution in [0.3, 0.4) is 0 Å². The van der Waals surface area contributed by atoms with Gasteiger partial charge in [-0.05, 0) is 74.8 Å². The van der Waals surface area contributed by atoms with E-state index in [2.05, 4.69) is 34.3 Å². The molecule has 0 radical (unpaired) electrons. The van der Waals surface area contributed by atoms with Gasteiger partial charge in [-0.15, -0.1) is 0 Å². The Labute approximate surface area is 113 Å². The van der Waals surface area contributed by atoms with E-state index in [0.29, 0.717) is 5.92 Å². The molecule has 2 aliphatic rings. The molecule has 0 atom stereocenters. The van der Waals surface area contributed by atoms with E-state index in [4.69, 9.17) is 0 Å². The van der Waals surface area contributed by atoms with E-state index in [0.717, 1.165) is 11.6 Å². The van der Waals surface area contributed by atoms with Crippen molar-refractivity contribution in [3.8, 4) is 0 Å². The number of fused-ring (bicyclic) bond motifs is 1. The molecule has 4 nitrogen and oxygen atoms in total. The van der Waals surface area contributed by atoms with E-state index >= 15 is 0 Å². The molecule has 4 rings (SSSR count). The average Bonchev–Trinajstić information content (AvgIpc) is 3.17. The van der Waals surface area contributed by atoms with Gasteiger partial charge in [0.2, 0.25) is 0 Å². The van der Waals surface area contributed by atoms with Crippen LogP contribution in [0.25, 0.3) is 5.65 Å². The zero-order valence-electron chi connectivity index (χ0n) is 11.4. The van der Waals surface area contributed by atoms with Gasteiger partial charge in [0.05, 0.1) is 0 Å². The van der Waals surface area contributed by atoms with Crippen molar-refractivity contribution in [1.29, 1.82) is 0 Å². The highest BCUT2D eigenvalue weighted by molar-refractivity contribution is 5.47. The third-order valence-electron chi connectivity index (χ3n) is 4.66.